The van der Waals surface area contributed by atoms with Crippen molar-refractivity contribution in [2.45, 2.75) is 6.92 Å². The predicted molar refractivity (Wildman–Crippen MR) is 90.7 cm³/mol. The molecule has 5 heteroatoms. The lowest BCUT2D eigenvalue weighted by atomic mass is 10.2. The maximum absolute atomic E-state index is 11.7. The number of aliphatic hydroxyl groups is 1. The molecule has 0 saturated carbocycles. The first kappa shape index (κ1) is 16.4. The number of nitrogens with one attached hydrogen (secondary N) is 1. The Morgan fingerprint density at radius 3 is 2.27 bits per heavy atom. The molecule has 0 heterocycles. The van der Waals surface area contributed by atoms with E-state index in [-0.39, 0.29) is 12.5 Å². The van der Waals surface area contributed by atoms with Crippen LogP contribution in [0.4, 0.5) is 5.69 Å². The van der Waals surface area contributed by atoms with Crippen LogP contribution in [0.5, 0.6) is 11.5 Å². The number of carbonyl (C=O) groups is 1. The van der Waals surface area contributed by atoms with E-state index in [9.17, 15) is 4.79 Å². The highest BCUT2D eigenvalue weighted by molar-refractivity contribution is 7.99. The molecule has 0 saturated heterocycles. The summed E-state index contributed by atoms with van der Waals surface area (Å²) >= 11 is 1.40. The van der Waals surface area contributed by atoms with Gasteiger partial charge in [0, 0.05) is 11.4 Å². The van der Waals surface area contributed by atoms with Crippen LogP contribution in [-0.2, 0) is 4.79 Å². The van der Waals surface area contributed by atoms with Crippen molar-refractivity contribution >= 4 is 23.4 Å². The normalized spacial score (nSPS) is 10.3. The first-order valence-corrected chi connectivity index (χ1v) is 8.16. The molecule has 0 fully saturated rings. The van der Waals surface area contributed by atoms with Gasteiger partial charge in [-0.25, -0.2) is 0 Å². The number of carbonyl (C=O) groups excluding carboxylic acids is 1. The number of aliphatic hydroxyl groups excluding tert-OH is 1. The summed E-state index contributed by atoms with van der Waals surface area (Å²) in [7, 11) is 0. The lowest BCUT2D eigenvalue weighted by Gasteiger charge is -2.08. The molecule has 2 rings (SSSR count). The predicted octanol–water partition coefficient (Wildman–Crippen LogP) is 3.45. The summed E-state index contributed by atoms with van der Waals surface area (Å²) in [5.74, 6) is 2.32. The summed E-state index contributed by atoms with van der Waals surface area (Å²) in [4.78, 5) is 11.7. The fourth-order valence-electron chi connectivity index (χ4n) is 1.78. The third-order valence-electron chi connectivity index (χ3n) is 2.86. The average Bonchev–Trinajstić information content (AvgIpc) is 2.52. The Morgan fingerprint density at radius 1 is 1.09 bits per heavy atom. The summed E-state index contributed by atoms with van der Waals surface area (Å²) in [6, 6.07) is 15.1. The van der Waals surface area contributed by atoms with Gasteiger partial charge in [-0.2, -0.15) is 0 Å². The smallest absolute Gasteiger partial charge is 0.234 e. The Balaban J connectivity index is 1.87. The molecule has 0 bridgehead atoms. The van der Waals surface area contributed by atoms with Gasteiger partial charge >= 0.3 is 0 Å². The molecule has 2 aromatic carbocycles. The number of aryl methyl sites for hydroxylation is 1. The summed E-state index contributed by atoms with van der Waals surface area (Å²) in [6.45, 7) is 2.11. The lowest BCUT2D eigenvalue weighted by Crippen LogP contribution is -2.14. The van der Waals surface area contributed by atoms with E-state index < -0.39 is 0 Å². The van der Waals surface area contributed by atoms with E-state index in [0.717, 1.165) is 17.2 Å². The Morgan fingerprint density at radius 2 is 1.68 bits per heavy atom. The van der Waals surface area contributed by atoms with Gasteiger partial charge in [0.1, 0.15) is 11.5 Å². The molecule has 0 aromatic heterocycles. The van der Waals surface area contributed by atoms with Crippen LogP contribution < -0.4 is 10.1 Å². The molecule has 0 atom stereocenters. The number of benzene rings is 2. The van der Waals surface area contributed by atoms with Gasteiger partial charge in [0.05, 0.1) is 12.4 Å². The van der Waals surface area contributed by atoms with Crippen LogP contribution in [0.1, 0.15) is 5.56 Å². The molecule has 22 heavy (non-hydrogen) atoms. The zero-order valence-corrected chi connectivity index (χ0v) is 13.2. The van der Waals surface area contributed by atoms with E-state index in [4.69, 9.17) is 9.84 Å². The van der Waals surface area contributed by atoms with Crippen LogP contribution in [0.25, 0.3) is 0 Å². The van der Waals surface area contributed by atoms with E-state index in [0.29, 0.717) is 11.5 Å². The second-order valence-electron chi connectivity index (χ2n) is 4.76. The minimum Gasteiger partial charge on any atom is -0.457 e. The van der Waals surface area contributed by atoms with Crippen molar-refractivity contribution < 1.29 is 14.6 Å². The van der Waals surface area contributed by atoms with Crippen molar-refractivity contribution in [2.75, 3.05) is 23.4 Å². The fourth-order valence-corrected chi connectivity index (χ4v) is 2.31. The zero-order valence-electron chi connectivity index (χ0n) is 12.4. The number of amides is 1. The minimum atomic E-state index is -0.0781. The Hall–Kier alpha value is -1.98. The fraction of sp³-hybridized carbons (Fsp3) is 0.235. The number of anilines is 1. The molecule has 0 aliphatic rings. The monoisotopic (exact) mass is 317 g/mol. The highest BCUT2D eigenvalue weighted by Gasteiger charge is 2.03. The topological polar surface area (TPSA) is 58.6 Å². The van der Waals surface area contributed by atoms with Gasteiger partial charge in [0.2, 0.25) is 5.91 Å². The SMILES string of the molecule is Cc1ccc(Oc2ccc(NC(=O)CSCCO)cc2)cc1. The molecule has 4 nitrogen and oxygen atoms in total. The van der Waals surface area contributed by atoms with Crippen molar-refractivity contribution in [3.8, 4) is 11.5 Å². The number of hydrogen-bond donors (Lipinski definition) is 2. The van der Waals surface area contributed by atoms with Gasteiger partial charge in [-0.15, -0.1) is 11.8 Å². The molecular formula is C17H19NO3S. The van der Waals surface area contributed by atoms with Crippen molar-refractivity contribution in [3.63, 3.8) is 0 Å². The third kappa shape index (κ3) is 5.42. The van der Waals surface area contributed by atoms with E-state index in [1.54, 1.807) is 12.1 Å². The average molecular weight is 317 g/mol. The van der Waals surface area contributed by atoms with Crippen LogP contribution in [0.15, 0.2) is 48.5 Å². The van der Waals surface area contributed by atoms with E-state index in [1.807, 2.05) is 43.3 Å². The number of rotatable bonds is 7. The van der Waals surface area contributed by atoms with Crippen molar-refractivity contribution in [1.29, 1.82) is 0 Å². The summed E-state index contributed by atoms with van der Waals surface area (Å²) in [6.07, 6.45) is 0. The number of hydrogen-bond acceptors (Lipinski definition) is 4. The second kappa shape index (κ2) is 8.46. The molecule has 116 valence electrons. The quantitative estimate of drug-likeness (QED) is 0.768. The standard InChI is InChI=1S/C17H19NO3S/c1-13-2-6-15(7-3-13)21-16-8-4-14(5-9-16)18-17(20)12-22-11-10-19/h2-9,19H,10-12H2,1H3,(H,18,20). The van der Waals surface area contributed by atoms with E-state index in [1.165, 1.54) is 17.3 Å². The van der Waals surface area contributed by atoms with Gasteiger partial charge in [0.15, 0.2) is 0 Å². The largest absolute Gasteiger partial charge is 0.457 e. The molecule has 0 aliphatic heterocycles. The first-order valence-electron chi connectivity index (χ1n) is 7.00. The highest BCUT2D eigenvalue weighted by Crippen LogP contribution is 2.23. The van der Waals surface area contributed by atoms with Gasteiger partial charge in [0.25, 0.3) is 0 Å². The molecule has 0 unspecified atom stereocenters. The molecule has 0 spiro atoms. The Labute approximate surface area is 134 Å². The molecule has 0 radical (unpaired) electrons. The van der Waals surface area contributed by atoms with Crippen molar-refractivity contribution in [3.05, 3.63) is 54.1 Å². The maximum Gasteiger partial charge on any atom is 0.234 e. The van der Waals surface area contributed by atoms with Crippen LogP contribution >= 0.6 is 11.8 Å². The number of thioether (sulfide) groups is 1. The van der Waals surface area contributed by atoms with Crippen LogP contribution in [0.2, 0.25) is 0 Å². The molecule has 2 N–H and O–H groups in total. The second-order valence-corrected chi connectivity index (χ2v) is 5.87. The Kier molecular flexibility index (Phi) is 6.30. The zero-order chi connectivity index (χ0) is 15.8. The molecule has 2 aromatic rings. The summed E-state index contributed by atoms with van der Waals surface area (Å²) in [5.41, 5.74) is 1.91. The Bertz CT molecular complexity index is 596. The van der Waals surface area contributed by atoms with Crippen LogP contribution in [0, 0.1) is 6.92 Å². The summed E-state index contributed by atoms with van der Waals surface area (Å²) < 4.78 is 5.73. The van der Waals surface area contributed by atoms with Crippen molar-refractivity contribution in [1.82, 2.24) is 0 Å². The number of ether oxygens (including phenoxy) is 1. The lowest BCUT2D eigenvalue weighted by molar-refractivity contribution is -0.113. The minimum absolute atomic E-state index is 0.0781. The van der Waals surface area contributed by atoms with Crippen LogP contribution in [-0.4, -0.2) is 29.1 Å². The van der Waals surface area contributed by atoms with E-state index in [2.05, 4.69) is 5.32 Å². The van der Waals surface area contributed by atoms with Gasteiger partial charge in [-0.05, 0) is 43.3 Å². The maximum atomic E-state index is 11.7. The summed E-state index contributed by atoms with van der Waals surface area (Å²) in [5, 5.41) is 11.5. The molecule has 0 aliphatic carbocycles. The van der Waals surface area contributed by atoms with E-state index >= 15 is 0 Å². The van der Waals surface area contributed by atoms with Gasteiger partial charge in [-0.3, -0.25) is 4.79 Å². The van der Waals surface area contributed by atoms with Crippen LogP contribution in [0.3, 0.4) is 0 Å². The molecular weight excluding hydrogens is 298 g/mol. The molecule has 1 amide bonds. The van der Waals surface area contributed by atoms with Crippen molar-refractivity contribution in [2.24, 2.45) is 0 Å². The first-order chi connectivity index (χ1) is 10.7. The third-order valence-corrected chi connectivity index (χ3v) is 3.80. The van der Waals surface area contributed by atoms with Gasteiger partial charge < -0.3 is 15.2 Å². The highest BCUT2D eigenvalue weighted by atomic mass is 32.2. The van der Waals surface area contributed by atoms with Gasteiger partial charge in [-0.1, -0.05) is 17.7 Å².